The Morgan fingerprint density at radius 2 is 1.85 bits per heavy atom. The Morgan fingerprint density at radius 1 is 1.22 bits per heavy atom. The molecule has 3 nitrogen and oxygen atoms in total. The standard InChI is InChI=1S/C24H40N2O/c1-8-20-9-11-22(12-10-20)25-23(18(3)16-27)17(2)13-21-14-19(4)26(7)24(5,6)15-21/h19-22H,2,8-15H2,1,3-7H3/b25-23-. The summed E-state index contributed by atoms with van der Waals surface area (Å²) in [5.41, 5.74) is 2.70. The Kier molecular flexibility index (Phi) is 7.65. The first-order chi connectivity index (χ1) is 12.7. The average molecular weight is 373 g/mol. The lowest BCUT2D eigenvalue weighted by molar-refractivity contribution is 0.0281. The van der Waals surface area contributed by atoms with Crippen LogP contribution in [0.4, 0.5) is 0 Å². The lowest BCUT2D eigenvalue weighted by atomic mass is 9.76. The van der Waals surface area contributed by atoms with Crippen LogP contribution in [0.2, 0.25) is 0 Å². The van der Waals surface area contributed by atoms with Gasteiger partial charge in [0.15, 0.2) is 0 Å². The summed E-state index contributed by atoms with van der Waals surface area (Å²) < 4.78 is 0. The van der Waals surface area contributed by atoms with Gasteiger partial charge in [0.1, 0.15) is 5.94 Å². The molecule has 0 aromatic heterocycles. The molecule has 1 aliphatic carbocycles. The Morgan fingerprint density at radius 3 is 2.37 bits per heavy atom. The number of hydrogen-bond donors (Lipinski definition) is 0. The van der Waals surface area contributed by atoms with Crippen molar-refractivity contribution >= 4 is 11.7 Å². The second-order valence-electron chi connectivity index (χ2n) is 9.67. The van der Waals surface area contributed by atoms with Crippen LogP contribution in [0.15, 0.2) is 22.7 Å². The molecule has 2 atom stereocenters. The third-order valence-electron chi connectivity index (χ3n) is 7.16. The van der Waals surface area contributed by atoms with Crippen molar-refractivity contribution in [2.75, 3.05) is 7.05 Å². The van der Waals surface area contributed by atoms with Gasteiger partial charge in [-0.15, -0.1) is 0 Å². The van der Waals surface area contributed by atoms with Gasteiger partial charge >= 0.3 is 0 Å². The highest BCUT2D eigenvalue weighted by atomic mass is 16.1. The van der Waals surface area contributed by atoms with Gasteiger partial charge in [-0.05, 0) is 97.1 Å². The fourth-order valence-corrected chi connectivity index (χ4v) is 5.14. The van der Waals surface area contributed by atoms with E-state index in [1.54, 1.807) is 0 Å². The van der Waals surface area contributed by atoms with Gasteiger partial charge in [-0.1, -0.05) is 19.9 Å². The Labute approximate surface area is 167 Å². The zero-order chi connectivity index (χ0) is 20.2. The predicted octanol–water partition coefficient (Wildman–Crippen LogP) is 5.63. The third kappa shape index (κ3) is 5.65. The number of aliphatic imine (C=N–C) groups is 1. The van der Waals surface area contributed by atoms with Crippen molar-refractivity contribution in [2.24, 2.45) is 16.8 Å². The van der Waals surface area contributed by atoms with E-state index in [9.17, 15) is 4.79 Å². The van der Waals surface area contributed by atoms with Crippen molar-refractivity contribution in [1.29, 1.82) is 0 Å². The molecule has 1 heterocycles. The highest BCUT2D eigenvalue weighted by Crippen LogP contribution is 2.37. The zero-order valence-corrected chi connectivity index (χ0v) is 18.5. The van der Waals surface area contributed by atoms with E-state index >= 15 is 0 Å². The molecule has 2 unspecified atom stereocenters. The van der Waals surface area contributed by atoms with E-state index in [0.29, 0.717) is 23.6 Å². The molecule has 1 aliphatic heterocycles. The topological polar surface area (TPSA) is 32.7 Å². The third-order valence-corrected chi connectivity index (χ3v) is 7.16. The molecular weight excluding hydrogens is 332 g/mol. The number of piperidine rings is 1. The van der Waals surface area contributed by atoms with E-state index in [1.807, 2.05) is 6.92 Å². The SMILES string of the molecule is C=C(CC1CC(C)N(C)C(C)(C)C1)/C(=N/C1CCC(CC)CC1)C(C)=C=O. The summed E-state index contributed by atoms with van der Waals surface area (Å²) in [5.74, 6) is 3.54. The van der Waals surface area contributed by atoms with Crippen LogP contribution in [0.5, 0.6) is 0 Å². The first-order valence-electron chi connectivity index (χ1n) is 10.9. The van der Waals surface area contributed by atoms with Crippen molar-refractivity contribution < 1.29 is 4.79 Å². The summed E-state index contributed by atoms with van der Waals surface area (Å²) >= 11 is 0. The Balaban J connectivity index is 2.09. The van der Waals surface area contributed by atoms with Crippen molar-refractivity contribution in [3.8, 4) is 0 Å². The summed E-state index contributed by atoms with van der Waals surface area (Å²) in [6.45, 7) is 15.5. The maximum Gasteiger partial charge on any atom is 0.129 e. The second kappa shape index (κ2) is 9.34. The summed E-state index contributed by atoms with van der Waals surface area (Å²) in [4.78, 5) is 18.9. The van der Waals surface area contributed by atoms with E-state index in [2.05, 4.69) is 52.2 Å². The van der Waals surface area contributed by atoms with Crippen molar-refractivity contribution in [1.82, 2.24) is 4.90 Å². The average Bonchev–Trinajstić information content (AvgIpc) is 2.63. The monoisotopic (exact) mass is 372 g/mol. The summed E-state index contributed by atoms with van der Waals surface area (Å²) in [6, 6.07) is 0.912. The lowest BCUT2D eigenvalue weighted by Crippen LogP contribution is -2.52. The molecule has 3 heteroatoms. The molecule has 1 saturated heterocycles. The van der Waals surface area contributed by atoms with E-state index in [4.69, 9.17) is 4.99 Å². The van der Waals surface area contributed by atoms with Gasteiger partial charge in [-0.3, -0.25) is 9.89 Å². The van der Waals surface area contributed by atoms with Crippen LogP contribution in [0, 0.1) is 11.8 Å². The molecule has 27 heavy (non-hydrogen) atoms. The molecule has 0 spiro atoms. The summed E-state index contributed by atoms with van der Waals surface area (Å²) in [5, 5.41) is 0. The van der Waals surface area contributed by atoms with Crippen molar-refractivity contribution in [2.45, 2.75) is 104 Å². The van der Waals surface area contributed by atoms with Gasteiger partial charge in [0.05, 0.1) is 17.3 Å². The molecule has 1 saturated carbocycles. The molecule has 0 amide bonds. The maximum atomic E-state index is 11.4. The summed E-state index contributed by atoms with van der Waals surface area (Å²) in [6.07, 6.45) is 9.34. The van der Waals surface area contributed by atoms with Gasteiger partial charge in [-0.25, -0.2) is 4.79 Å². The fourth-order valence-electron chi connectivity index (χ4n) is 5.14. The number of likely N-dealkylation sites (tertiary alicyclic amines) is 1. The largest absolute Gasteiger partial charge is 0.299 e. The van der Waals surface area contributed by atoms with Crippen LogP contribution in [-0.2, 0) is 4.79 Å². The van der Waals surface area contributed by atoms with Crippen LogP contribution < -0.4 is 0 Å². The molecule has 2 fully saturated rings. The number of allylic oxidation sites excluding steroid dienone is 2. The normalized spacial score (nSPS) is 32.0. The van der Waals surface area contributed by atoms with Crippen LogP contribution in [0.3, 0.4) is 0 Å². The van der Waals surface area contributed by atoms with Crippen molar-refractivity contribution in [3.05, 3.63) is 17.7 Å². The van der Waals surface area contributed by atoms with E-state index in [1.165, 1.54) is 25.7 Å². The minimum absolute atomic E-state index is 0.202. The van der Waals surface area contributed by atoms with Gasteiger partial charge in [0, 0.05) is 11.6 Å². The molecule has 2 aliphatic rings. The molecule has 2 rings (SSSR count). The number of hydrogen-bond acceptors (Lipinski definition) is 3. The first kappa shape index (κ1) is 22.1. The van der Waals surface area contributed by atoms with Crippen LogP contribution >= 0.6 is 0 Å². The molecule has 0 aromatic carbocycles. The van der Waals surface area contributed by atoms with E-state index in [0.717, 1.165) is 42.9 Å². The highest BCUT2D eigenvalue weighted by Gasteiger charge is 2.36. The zero-order valence-electron chi connectivity index (χ0n) is 18.5. The Bertz CT molecular complexity index is 604. The Hall–Kier alpha value is -1.18. The summed E-state index contributed by atoms with van der Waals surface area (Å²) in [7, 11) is 2.23. The van der Waals surface area contributed by atoms with Gasteiger partial charge in [-0.2, -0.15) is 0 Å². The smallest absolute Gasteiger partial charge is 0.129 e. The second-order valence-corrected chi connectivity index (χ2v) is 9.67. The number of nitrogens with zero attached hydrogens (tertiary/aromatic N) is 2. The molecule has 0 aromatic rings. The molecule has 0 bridgehead atoms. The molecule has 0 N–H and O–H groups in total. The minimum Gasteiger partial charge on any atom is -0.299 e. The minimum atomic E-state index is 0.202. The van der Waals surface area contributed by atoms with Crippen LogP contribution in [0.25, 0.3) is 0 Å². The molecule has 0 radical (unpaired) electrons. The number of rotatable bonds is 6. The maximum absolute atomic E-state index is 11.4. The van der Waals surface area contributed by atoms with E-state index in [-0.39, 0.29) is 5.54 Å². The predicted molar refractivity (Wildman–Crippen MR) is 116 cm³/mol. The highest BCUT2D eigenvalue weighted by molar-refractivity contribution is 6.15. The van der Waals surface area contributed by atoms with Crippen LogP contribution in [-0.4, -0.2) is 41.2 Å². The van der Waals surface area contributed by atoms with Crippen molar-refractivity contribution in [3.63, 3.8) is 0 Å². The van der Waals surface area contributed by atoms with Gasteiger partial charge < -0.3 is 0 Å². The van der Waals surface area contributed by atoms with Gasteiger partial charge in [0.25, 0.3) is 0 Å². The number of carbonyl (C=O) groups excluding carboxylic acids is 1. The molecular formula is C24H40N2O. The fraction of sp³-hybridized carbons (Fsp3) is 0.792. The molecule has 152 valence electrons. The van der Waals surface area contributed by atoms with Crippen LogP contribution in [0.1, 0.15) is 86.0 Å². The van der Waals surface area contributed by atoms with E-state index < -0.39 is 0 Å². The quantitative estimate of drug-likeness (QED) is 0.447. The van der Waals surface area contributed by atoms with Gasteiger partial charge in [0.2, 0.25) is 0 Å². The lowest BCUT2D eigenvalue weighted by Gasteiger charge is -2.48. The first-order valence-corrected chi connectivity index (χ1v) is 10.9.